The van der Waals surface area contributed by atoms with E-state index in [2.05, 4.69) is 20.2 Å². The van der Waals surface area contributed by atoms with Gasteiger partial charge in [0.25, 0.3) is 17.6 Å². The zero-order valence-corrected chi connectivity index (χ0v) is 34.4. The molecule has 3 unspecified atom stereocenters. The fourth-order valence-corrected chi connectivity index (χ4v) is 10.3. The van der Waals surface area contributed by atoms with E-state index in [1.54, 1.807) is 12.1 Å². The van der Waals surface area contributed by atoms with Crippen molar-refractivity contribution < 1.29 is 33.7 Å². The minimum Gasteiger partial charge on any atom is -0.457 e. The van der Waals surface area contributed by atoms with Crippen LogP contribution in [0.5, 0.6) is 11.5 Å². The maximum absolute atomic E-state index is 14.1. The van der Waals surface area contributed by atoms with E-state index in [1.807, 2.05) is 70.5 Å². The van der Waals surface area contributed by atoms with Gasteiger partial charge in [0.2, 0.25) is 11.8 Å². The average molecular weight is 838 g/mol. The van der Waals surface area contributed by atoms with E-state index < -0.39 is 29.7 Å². The highest BCUT2D eigenvalue weighted by Gasteiger charge is 2.46. The number of hydrogen-bond donors (Lipinski definition) is 3. The van der Waals surface area contributed by atoms with Crippen LogP contribution in [0.2, 0.25) is 0 Å². The molecule has 62 heavy (non-hydrogen) atoms. The Hall–Kier alpha value is -6.68. The standard InChI is InChI=1S/C46H48N10O6/c47-41-39-40(30-8-11-34(12-9-30)62-33-6-2-1-3-7-33)51-56(42(39)49-27-48-41)32-5-4-20-54(26-32)46(61)53-23-18-29(19-24-53)28-16-21-52(22-17-28)31-10-13-35-36(25-31)45(60)55(44(35)59)37-14-15-38(57)50-43(37)58/h1-3,6-13,25,27-29,32,37H,4-5,14-24,26H2,(H2,47,48,49)(H,50,57,58)/p+1. The van der Waals surface area contributed by atoms with Gasteiger partial charge in [-0.2, -0.15) is 9.99 Å². The van der Waals surface area contributed by atoms with Crippen molar-refractivity contribution in [2.24, 2.45) is 16.9 Å². The van der Waals surface area contributed by atoms with Gasteiger partial charge >= 0.3 is 6.03 Å². The molecule has 0 saturated carbocycles. The fourth-order valence-electron chi connectivity index (χ4n) is 10.3. The molecule has 0 spiro atoms. The lowest BCUT2D eigenvalue weighted by atomic mass is 9.78. The molecule has 4 fully saturated rings. The summed E-state index contributed by atoms with van der Waals surface area (Å²) >= 11 is 0. The number of urea groups is 1. The van der Waals surface area contributed by atoms with Crippen LogP contribution in [0.25, 0.3) is 0 Å². The van der Waals surface area contributed by atoms with Gasteiger partial charge in [-0.15, -0.1) is 0 Å². The highest BCUT2D eigenvalue weighted by atomic mass is 16.5. The van der Waals surface area contributed by atoms with Gasteiger partial charge in [-0.3, -0.25) is 29.4 Å². The number of nitrogen functional groups attached to an aromatic ring is 1. The predicted octanol–water partition coefficient (Wildman–Crippen LogP) is 3.75. The number of rotatable bonds is 7. The van der Waals surface area contributed by atoms with Crippen molar-refractivity contribution in [3.63, 3.8) is 0 Å². The number of nitrogens with one attached hydrogen (secondary N) is 2. The smallest absolute Gasteiger partial charge is 0.320 e. The number of anilines is 2. The topological polar surface area (TPSA) is 188 Å². The zero-order valence-electron chi connectivity index (χ0n) is 34.4. The second-order valence-corrected chi connectivity index (χ2v) is 17.2. The maximum Gasteiger partial charge on any atom is 0.320 e. The van der Waals surface area contributed by atoms with Crippen LogP contribution in [0.1, 0.15) is 83.2 Å². The third-order valence-electron chi connectivity index (χ3n) is 13.6. The second-order valence-electron chi connectivity index (χ2n) is 17.2. The van der Waals surface area contributed by atoms with Crippen molar-refractivity contribution in [3.05, 3.63) is 101 Å². The Bertz CT molecular complexity index is 2460. The summed E-state index contributed by atoms with van der Waals surface area (Å²) in [5, 5.41) is 8.27. The van der Waals surface area contributed by atoms with E-state index in [1.165, 1.54) is 6.33 Å². The lowest BCUT2D eigenvalue weighted by Crippen LogP contribution is -3.07. The van der Waals surface area contributed by atoms with Crippen LogP contribution in [0.3, 0.4) is 0 Å². The number of carbonyl (C=O) groups is 5. The Labute approximate surface area is 358 Å². The van der Waals surface area contributed by atoms with Crippen molar-refractivity contribution >= 4 is 52.7 Å². The van der Waals surface area contributed by atoms with Crippen LogP contribution in [-0.2, 0) is 9.59 Å². The first-order valence-corrected chi connectivity index (χ1v) is 21.7. The molecule has 6 aliphatic heterocycles. The van der Waals surface area contributed by atoms with Crippen molar-refractivity contribution in [1.82, 2.24) is 30.0 Å². The third-order valence-corrected chi connectivity index (χ3v) is 13.6. The first-order valence-electron chi connectivity index (χ1n) is 21.7. The SMILES string of the molecule is Nc1ncnc2c1C(c1ccc(Oc3ccccc3)cc1)=N[NH+]2C1CCCN(C(=O)N2CCC(C3CCN(c4ccc5c(c4)C(=O)N(C4CCC(=O)NC4=O)C5=O)CC3)CC2)C1. The van der Waals surface area contributed by atoms with E-state index in [0.717, 1.165) is 109 Å². The summed E-state index contributed by atoms with van der Waals surface area (Å²) in [6.45, 7) is 4.38. The van der Waals surface area contributed by atoms with Gasteiger partial charge in [0.15, 0.2) is 0 Å². The van der Waals surface area contributed by atoms with Crippen LogP contribution in [0, 0.1) is 11.8 Å². The summed E-state index contributed by atoms with van der Waals surface area (Å²) in [4.78, 5) is 81.1. The predicted molar refractivity (Wildman–Crippen MR) is 228 cm³/mol. The second kappa shape index (κ2) is 16.3. The summed E-state index contributed by atoms with van der Waals surface area (Å²) < 4.78 is 6.01. The number of quaternary nitrogens is 1. The van der Waals surface area contributed by atoms with Crippen LogP contribution >= 0.6 is 0 Å². The summed E-state index contributed by atoms with van der Waals surface area (Å²) in [5.41, 5.74) is 10.3. The Morgan fingerprint density at radius 1 is 0.758 bits per heavy atom. The molecule has 4 N–H and O–H groups in total. The monoisotopic (exact) mass is 837 g/mol. The largest absolute Gasteiger partial charge is 0.457 e. The number of aromatic nitrogens is 2. The number of benzene rings is 3. The number of nitrogens with zero attached hydrogens (tertiary/aromatic N) is 7. The Morgan fingerprint density at radius 2 is 1.47 bits per heavy atom. The molecule has 3 atom stereocenters. The minimum atomic E-state index is -0.983. The maximum atomic E-state index is 14.1. The molecular formula is C46H49N10O6+. The van der Waals surface area contributed by atoms with Gasteiger partial charge in [0.1, 0.15) is 47.0 Å². The molecular weight excluding hydrogens is 789 g/mol. The van der Waals surface area contributed by atoms with E-state index in [0.29, 0.717) is 42.1 Å². The van der Waals surface area contributed by atoms with E-state index in [4.69, 9.17) is 15.6 Å². The average Bonchev–Trinajstić information content (AvgIpc) is 3.82. The van der Waals surface area contributed by atoms with Gasteiger partial charge in [-0.05, 0) is 105 Å². The molecule has 10 rings (SSSR count). The summed E-state index contributed by atoms with van der Waals surface area (Å²) in [5.74, 6) is 1.66. The fraction of sp³-hybridized carbons (Fsp3) is 0.391. The number of ether oxygens (including phenoxy) is 1. The number of hydrogen-bond acceptors (Lipinski definition) is 11. The number of carbonyl (C=O) groups excluding carboxylic acids is 5. The van der Waals surface area contributed by atoms with Crippen LogP contribution < -0.4 is 25.7 Å². The highest BCUT2D eigenvalue weighted by molar-refractivity contribution is 6.24. The number of piperidine rings is 4. The Kier molecular flexibility index (Phi) is 10.4. The molecule has 16 heteroatoms. The molecule has 1 aromatic heterocycles. The first kappa shape index (κ1) is 39.5. The molecule has 16 nitrogen and oxygen atoms in total. The zero-order chi connectivity index (χ0) is 42.5. The molecule has 6 amide bonds. The van der Waals surface area contributed by atoms with Crippen LogP contribution in [0.15, 0.2) is 84.2 Å². The molecule has 6 aliphatic rings. The van der Waals surface area contributed by atoms with E-state index >= 15 is 0 Å². The summed E-state index contributed by atoms with van der Waals surface area (Å²) in [7, 11) is 0. The number of para-hydroxylation sites is 1. The molecule has 0 bridgehead atoms. The molecule has 3 aromatic carbocycles. The van der Waals surface area contributed by atoms with Crippen LogP contribution in [-0.4, -0.2) is 111 Å². The van der Waals surface area contributed by atoms with E-state index in [-0.39, 0.29) is 30.5 Å². The van der Waals surface area contributed by atoms with Gasteiger partial charge in [-0.1, -0.05) is 23.3 Å². The normalized spacial score (nSPS) is 23.3. The third kappa shape index (κ3) is 7.31. The number of amides is 6. The number of imide groups is 2. The lowest BCUT2D eigenvalue weighted by Gasteiger charge is -2.42. The van der Waals surface area contributed by atoms with Gasteiger partial charge in [-0.25, -0.2) is 9.78 Å². The molecule has 0 aliphatic carbocycles. The van der Waals surface area contributed by atoms with Crippen molar-refractivity contribution in [1.29, 1.82) is 0 Å². The first-order chi connectivity index (χ1) is 30.2. The Morgan fingerprint density at radius 3 is 2.21 bits per heavy atom. The Balaban J connectivity index is 0.736. The van der Waals surface area contributed by atoms with Crippen LogP contribution in [0.4, 0.5) is 22.1 Å². The van der Waals surface area contributed by atoms with E-state index in [9.17, 15) is 24.0 Å². The molecule has 4 saturated heterocycles. The van der Waals surface area contributed by atoms with Crippen molar-refractivity contribution in [2.45, 2.75) is 63.5 Å². The summed E-state index contributed by atoms with van der Waals surface area (Å²) in [6, 6.07) is 21.9. The minimum absolute atomic E-state index is 0.00946. The van der Waals surface area contributed by atoms with Gasteiger partial charge < -0.3 is 25.2 Å². The number of nitrogens with two attached hydrogens (primary N) is 1. The number of likely N-dealkylation sites (tertiary alicyclic amines) is 2. The molecule has 318 valence electrons. The molecule has 7 heterocycles. The highest BCUT2D eigenvalue weighted by Crippen LogP contribution is 2.37. The van der Waals surface area contributed by atoms with Gasteiger partial charge in [0, 0.05) is 56.8 Å². The lowest BCUT2D eigenvalue weighted by molar-refractivity contribution is -0.868. The number of fused-ring (bicyclic) bond motifs is 2. The van der Waals surface area contributed by atoms with Gasteiger partial charge in [0.05, 0.1) is 17.7 Å². The van der Waals surface area contributed by atoms with Crippen molar-refractivity contribution in [2.75, 3.05) is 49.9 Å². The molecule has 0 radical (unpaired) electrons. The quantitative estimate of drug-likeness (QED) is 0.232. The summed E-state index contributed by atoms with van der Waals surface area (Å²) in [6.07, 6.45) is 7.39. The van der Waals surface area contributed by atoms with Crippen molar-refractivity contribution in [3.8, 4) is 11.5 Å². The molecule has 4 aromatic rings.